The molecule has 1 heterocycles. The molecule has 0 bridgehead atoms. The number of carbonyl (C=O) groups is 1. The summed E-state index contributed by atoms with van der Waals surface area (Å²) >= 11 is 0. The first-order chi connectivity index (χ1) is 7.47. The van der Waals surface area contributed by atoms with Crippen LogP contribution < -0.4 is 11.1 Å². The van der Waals surface area contributed by atoms with Crippen LogP contribution in [0.25, 0.3) is 0 Å². The Bertz CT molecular complexity index is 313. The van der Waals surface area contributed by atoms with Crippen LogP contribution in [0.5, 0.6) is 0 Å². The molecule has 1 rings (SSSR count). The number of hydrogen-bond acceptors (Lipinski definition) is 3. The van der Waals surface area contributed by atoms with Crippen molar-refractivity contribution in [3.63, 3.8) is 0 Å². The van der Waals surface area contributed by atoms with Crippen molar-refractivity contribution < 1.29 is 4.79 Å². The van der Waals surface area contributed by atoms with Crippen molar-refractivity contribution in [3.05, 3.63) is 18.7 Å². The van der Waals surface area contributed by atoms with Crippen LogP contribution in [0.2, 0.25) is 0 Å². The van der Waals surface area contributed by atoms with E-state index in [1.54, 1.807) is 12.5 Å². The lowest BCUT2D eigenvalue weighted by atomic mass is 10.00. The summed E-state index contributed by atoms with van der Waals surface area (Å²) in [6.45, 7) is 5.22. The third kappa shape index (κ3) is 5.50. The monoisotopic (exact) mass is 224 g/mol. The number of nitrogens with one attached hydrogen (secondary N) is 1. The molecule has 0 aromatic carbocycles. The second-order valence-electron chi connectivity index (χ2n) is 4.64. The Morgan fingerprint density at radius 3 is 2.88 bits per heavy atom. The van der Waals surface area contributed by atoms with Crippen molar-refractivity contribution in [2.24, 2.45) is 5.73 Å². The molecule has 0 aliphatic carbocycles. The van der Waals surface area contributed by atoms with Gasteiger partial charge < -0.3 is 15.6 Å². The topological polar surface area (TPSA) is 72.9 Å². The Morgan fingerprint density at radius 2 is 2.31 bits per heavy atom. The van der Waals surface area contributed by atoms with Gasteiger partial charge in [0.15, 0.2) is 0 Å². The largest absolute Gasteiger partial charge is 0.354 e. The number of nitrogens with two attached hydrogens (primary N) is 1. The molecule has 1 amide bonds. The Morgan fingerprint density at radius 1 is 1.56 bits per heavy atom. The first-order valence-electron chi connectivity index (χ1n) is 5.49. The van der Waals surface area contributed by atoms with E-state index >= 15 is 0 Å². The summed E-state index contributed by atoms with van der Waals surface area (Å²) in [5.41, 5.74) is 5.52. The van der Waals surface area contributed by atoms with Gasteiger partial charge in [-0.3, -0.25) is 4.79 Å². The van der Waals surface area contributed by atoms with Crippen LogP contribution in [0.15, 0.2) is 18.7 Å². The maximum atomic E-state index is 11.4. The highest BCUT2D eigenvalue weighted by molar-refractivity contribution is 5.75. The number of amides is 1. The average molecular weight is 224 g/mol. The van der Waals surface area contributed by atoms with E-state index in [1.807, 2.05) is 24.6 Å². The van der Waals surface area contributed by atoms with Crippen LogP contribution >= 0.6 is 0 Å². The molecule has 0 unspecified atom stereocenters. The number of imidazole rings is 1. The fraction of sp³-hybridized carbons (Fsp3) is 0.636. The molecule has 1 aromatic rings. The Labute approximate surface area is 96.0 Å². The molecular weight excluding hydrogens is 204 g/mol. The zero-order valence-electron chi connectivity index (χ0n) is 9.94. The number of nitrogens with zero attached hydrogens (tertiary/aromatic N) is 2. The minimum absolute atomic E-state index is 0.0543. The van der Waals surface area contributed by atoms with Gasteiger partial charge in [-0.2, -0.15) is 0 Å². The highest BCUT2D eigenvalue weighted by atomic mass is 16.1. The maximum Gasteiger partial charge on any atom is 0.220 e. The minimum atomic E-state index is -0.276. The molecule has 3 N–H and O–H groups in total. The molecule has 0 aliphatic rings. The van der Waals surface area contributed by atoms with Gasteiger partial charge >= 0.3 is 0 Å². The highest BCUT2D eigenvalue weighted by Crippen LogP contribution is 2.06. The van der Waals surface area contributed by atoms with Gasteiger partial charge in [0.1, 0.15) is 0 Å². The fourth-order valence-corrected chi connectivity index (χ4v) is 1.27. The Kier molecular flexibility index (Phi) is 4.49. The van der Waals surface area contributed by atoms with Crippen molar-refractivity contribution in [2.75, 3.05) is 6.54 Å². The summed E-state index contributed by atoms with van der Waals surface area (Å²) in [6, 6.07) is 0. The molecule has 5 nitrogen and oxygen atoms in total. The molecule has 0 aliphatic heterocycles. The minimum Gasteiger partial charge on any atom is -0.354 e. The van der Waals surface area contributed by atoms with Crippen molar-refractivity contribution in [2.45, 2.75) is 38.8 Å². The summed E-state index contributed by atoms with van der Waals surface area (Å²) in [5.74, 6) is 0.0543. The van der Waals surface area contributed by atoms with Gasteiger partial charge in [-0.25, -0.2) is 4.98 Å². The second-order valence-corrected chi connectivity index (χ2v) is 4.64. The van der Waals surface area contributed by atoms with Gasteiger partial charge in [0.05, 0.1) is 6.33 Å². The molecule has 0 radical (unpaired) electrons. The Hall–Kier alpha value is -1.36. The normalized spacial score (nSPS) is 11.4. The van der Waals surface area contributed by atoms with E-state index in [-0.39, 0.29) is 11.4 Å². The lowest BCUT2D eigenvalue weighted by molar-refractivity contribution is -0.121. The van der Waals surface area contributed by atoms with E-state index in [4.69, 9.17) is 5.73 Å². The van der Waals surface area contributed by atoms with E-state index in [2.05, 4.69) is 10.3 Å². The third-order valence-electron chi connectivity index (χ3n) is 2.25. The van der Waals surface area contributed by atoms with E-state index < -0.39 is 0 Å². The third-order valence-corrected chi connectivity index (χ3v) is 2.25. The molecule has 0 spiro atoms. The highest BCUT2D eigenvalue weighted by Gasteiger charge is 2.12. The summed E-state index contributed by atoms with van der Waals surface area (Å²) in [6.07, 6.45) is 6.50. The van der Waals surface area contributed by atoms with E-state index in [0.29, 0.717) is 19.4 Å². The molecule has 16 heavy (non-hydrogen) atoms. The predicted molar refractivity (Wildman–Crippen MR) is 62.7 cm³/mol. The molecule has 0 saturated heterocycles. The lowest BCUT2D eigenvalue weighted by Gasteiger charge is -2.17. The van der Waals surface area contributed by atoms with E-state index in [9.17, 15) is 4.79 Å². The first-order valence-corrected chi connectivity index (χ1v) is 5.49. The number of aromatic nitrogens is 2. The summed E-state index contributed by atoms with van der Waals surface area (Å²) in [7, 11) is 0. The summed E-state index contributed by atoms with van der Waals surface area (Å²) < 4.78 is 1.92. The van der Waals surface area contributed by atoms with Gasteiger partial charge in [0, 0.05) is 37.4 Å². The quantitative estimate of drug-likeness (QED) is 0.739. The smallest absolute Gasteiger partial charge is 0.220 e. The second kappa shape index (κ2) is 5.65. The lowest BCUT2D eigenvalue weighted by Crippen LogP contribution is -2.35. The molecule has 0 fully saturated rings. The van der Waals surface area contributed by atoms with Gasteiger partial charge in [0.25, 0.3) is 0 Å². The van der Waals surface area contributed by atoms with Crippen LogP contribution in [0, 0.1) is 0 Å². The van der Waals surface area contributed by atoms with Crippen LogP contribution in [-0.4, -0.2) is 27.5 Å². The van der Waals surface area contributed by atoms with Gasteiger partial charge in [-0.05, 0) is 20.3 Å². The predicted octanol–water partition coefficient (Wildman–Crippen LogP) is 0.517. The fourth-order valence-electron chi connectivity index (χ4n) is 1.27. The van der Waals surface area contributed by atoms with Gasteiger partial charge in [-0.15, -0.1) is 0 Å². The first kappa shape index (κ1) is 12.7. The number of carbonyl (C=O) groups excluding carboxylic acids is 1. The average Bonchev–Trinajstić information content (AvgIpc) is 2.66. The van der Waals surface area contributed by atoms with E-state index in [1.165, 1.54) is 0 Å². The van der Waals surface area contributed by atoms with Crippen LogP contribution in [0.3, 0.4) is 0 Å². The molecule has 0 atom stereocenters. The summed E-state index contributed by atoms with van der Waals surface area (Å²) in [5, 5.41) is 2.85. The standard InChI is InChI=1S/C11H20N4O/c1-11(2,12)4-3-10(16)14-6-8-15-7-5-13-9-15/h5,7,9H,3-4,6,8,12H2,1-2H3,(H,14,16). The van der Waals surface area contributed by atoms with Gasteiger partial charge in [0.2, 0.25) is 5.91 Å². The van der Waals surface area contributed by atoms with Gasteiger partial charge in [-0.1, -0.05) is 0 Å². The zero-order valence-corrected chi connectivity index (χ0v) is 9.94. The SMILES string of the molecule is CC(C)(N)CCC(=O)NCCn1ccnc1. The van der Waals surface area contributed by atoms with Crippen LogP contribution in [0.1, 0.15) is 26.7 Å². The van der Waals surface area contributed by atoms with Crippen molar-refractivity contribution in [1.82, 2.24) is 14.9 Å². The molecule has 90 valence electrons. The van der Waals surface area contributed by atoms with E-state index in [0.717, 1.165) is 6.54 Å². The number of hydrogen-bond donors (Lipinski definition) is 2. The maximum absolute atomic E-state index is 11.4. The molecule has 1 aromatic heterocycles. The van der Waals surface area contributed by atoms with Crippen LogP contribution in [-0.2, 0) is 11.3 Å². The summed E-state index contributed by atoms with van der Waals surface area (Å²) in [4.78, 5) is 15.3. The van der Waals surface area contributed by atoms with Crippen molar-refractivity contribution >= 4 is 5.91 Å². The number of rotatable bonds is 6. The van der Waals surface area contributed by atoms with Crippen molar-refractivity contribution in [3.8, 4) is 0 Å². The van der Waals surface area contributed by atoms with Crippen LogP contribution in [0.4, 0.5) is 0 Å². The zero-order chi connectivity index (χ0) is 12.0. The Balaban J connectivity index is 2.11. The molecular formula is C11H20N4O. The van der Waals surface area contributed by atoms with Crippen molar-refractivity contribution in [1.29, 1.82) is 0 Å². The molecule has 0 saturated carbocycles. The molecule has 5 heteroatoms.